The third-order valence-electron chi connectivity index (χ3n) is 7.24. The largest absolute Gasteiger partial charge is 0.416 e. The molecular weight excluding hydrogens is 549 g/mol. The predicted octanol–water partition coefficient (Wildman–Crippen LogP) is 5.74. The molecule has 3 aliphatic rings. The van der Waals surface area contributed by atoms with Crippen LogP contribution in [0.4, 0.5) is 24.5 Å². The highest BCUT2D eigenvalue weighted by atomic mass is 79.9. The van der Waals surface area contributed by atoms with Gasteiger partial charge in [-0.25, -0.2) is 4.90 Å². The number of anilines is 2. The van der Waals surface area contributed by atoms with Crippen LogP contribution < -0.4 is 9.80 Å². The molecule has 0 bridgehead atoms. The van der Waals surface area contributed by atoms with E-state index in [1.807, 2.05) is 35.2 Å². The van der Waals surface area contributed by atoms with Crippen molar-refractivity contribution in [1.29, 1.82) is 0 Å². The van der Waals surface area contributed by atoms with Crippen LogP contribution in [-0.4, -0.2) is 29.7 Å². The molecule has 3 aromatic rings. The normalized spacial score (nSPS) is 24.2. The minimum absolute atomic E-state index is 0.152. The number of fused-ring (bicyclic) bond motifs is 5. The summed E-state index contributed by atoms with van der Waals surface area (Å²) in [6, 6.07) is 16.7. The van der Waals surface area contributed by atoms with Crippen LogP contribution in [0.25, 0.3) is 6.08 Å². The van der Waals surface area contributed by atoms with Crippen LogP contribution in [0.2, 0.25) is 0 Å². The van der Waals surface area contributed by atoms with E-state index < -0.39 is 47.5 Å². The Bertz CT molecular complexity index is 1480. The van der Waals surface area contributed by atoms with Crippen LogP contribution in [0.3, 0.4) is 0 Å². The van der Waals surface area contributed by atoms with Crippen molar-refractivity contribution in [3.63, 3.8) is 0 Å². The SMILES string of the molecule is O=C(c1ccc(Br)cc1)[C@@H]1[C@@H]2C(=O)N(c3cccc(C(F)(F)F)c3)C(=O)[C@@H]2[C@@H]2C=Cc3ccccc3N12. The molecule has 0 radical (unpaired) electrons. The Morgan fingerprint density at radius 3 is 2.30 bits per heavy atom. The number of Topliss-reactive ketones (excluding diaryl/α,β-unsaturated/α-hetero) is 1. The molecule has 0 aromatic heterocycles. The number of carbonyl (C=O) groups is 3. The van der Waals surface area contributed by atoms with Gasteiger partial charge in [0, 0.05) is 15.7 Å². The van der Waals surface area contributed by atoms with E-state index >= 15 is 0 Å². The highest BCUT2D eigenvalue weighted by molar-refractivity contribution is 9.10. The van der Waals surface area contributed by atoms with E-state index in [0.717, 1.165) is 32.8 Å². The summed E-state index contributed by atoms with van der Waals surface area (Å²) in [5.74, 6) is -3.60. The average molecular weight is 567 g/mol. The Balaban J connectivity index is 1.48. The molecule has 0 unspecified atom stereocenters. The average Bonchev–Trinajstić information content (AvgIpc) is 3.36. The summed E-state index contributed by atoms with van der Waals surface area (Å²) < 4.78 is 40.9. The van der Waals surface area contributed by atoms with Crippen molar-refractivity contribution < 1.29 is 27.6 Å². The lowest BCUT2D eigenvalue weighted by molar-refractivity contribution is -0.137. The molecule has 3 aliphatic heterocycles. The van der Waals surface area contributed by atoms with E-state index in [4.69, 9.17) is 0 Å². The number of hydrogen-bond acceptors (Lipinski definition) is 4. The lowest BCUT2D eigenvalue weighted by Gasteiger charge is -2.36. The third-order valence-corrected chi connectivity index (χ3v) is 7.77. The number of benzene rings is 3. The first kappa shape index (κ1) is 23.7. The molecule has 2 saturated heterocycles. The van der Waals surface area contributed by atoms with Crippen molar-refractivity contribution in [2.24, 2.45) is 11.8 Å². The molecule has 0 saturated carbocycles. The predicted molar refractivity (Wildman–Crippen MR) is 135 cm³/mol. The van der Waals surface area contributed by atoms with Crippen LogP contribution >= 0.6 is 15.9 Å². The van der Waals surface area contributed by atoms with E-state index in [1.165, 1.54) is 12.1 Å². The molecule has 4 atom stereocenters. The zero-order valence-corrected chi connectivity index (χ0v) is 20.6. The molecule has 2 amide bonds. The number of imide groups is 1. The Kier molecular flexibility index (Phi) is 5.38. The lowest BCUT2D eigenvalue weighted by atomic mass is 9.86. The van der Waals surface area contributed by atoms with Crippen LogP contribution in [0.5, 0.6) is 0 Å². The first-order valence-corrected chi connectivity index (χ1v) is 12.4. The minimum Gasteiger partial charge on any atom is -0.352 e. The molecular formula is C28H18BrF3N2O3. The van der Waals surface area contributed by atoms with Gasteiger partial charge in [0.1, 0.15) is 6.04 Å². The van der Waals surface area contributed by atoms with Gasteiger partial charge in [-0.15, -0.1) is 0 Å². The highest BCUT2D eigenvalue weighted by Crippen LogP contribution is 2.50. The van der Waals surface area contributed by atoms with Crippen molar-refractivity contribution in [1.82, 2.24) is 0 Å². The van der Waals surface area contributed by atoms with Gasteiger partial charge in [0.25, 0.3) is 0 Å². The smallest absolute Gasteiger partial charge is 0.352 e. The standard InChI is InChI=1S/C28H18BrF3N2O3/c29-18-11-8-16(9-12-18)25(35)24-23-22(21-13-10-15-4-1-2-7-20(15)34(21)24)26(36)33(27(23)37)19-6-3-5-17(14-19)28(30,31)32/h1-14,21-24H/t21-,22+,23+,24-/m0/s1. The van der Waals surface area contributed by atoms with E-state index in [2.05, 4.69) is 15.9 Å². The molecule has 9 heteroatoms. The molecule has 0 N–H and O–H groups in total. The van der Waals surface area contributed by atoms with Crippen molar-refractivity contribution in [2.45, 2.75) is 18.3 Å². The van der Waals surface area contributed by atoms with Gasteiger partial charge in [-0.05, 0) is 42.0 Å². The summed E-state index contributed by atoms with van der Waals surface area (Å²) in [6.07, 6.45) is -0.981. The summed E-state index contributed by atoms with van der Waals surface area (Å²) >= 11 is 3.35. The maximum Gasteiger partial charge on any atom is 0.416 e. The van der Waals surface area contributed by atoms with Gasteiger partial charge >= 0.3 is 6.18 Å². The Hall–Kier alpha value is -3.72. The number of amides is 2. The number of hydrogen-bond donors (Lipinski definition) is 0. The number of ketones is 1. The number of carbonyl (C=O) groups excluding carboxylic acids is 3. The molecule has 37 heavy (non-hydrogen) atoms. The van der Waals surface area contributed by atoms with Crippen LogP contribution in [0.1, 0.15) is 21.5 Å². The summed E-state index contributed by atoms with van der Waals surface area (Å²) in [7, 11) is 0. The monoisotopic (exact) mass is 566 g/mol. The van der Waals surface area contributed by atoms with Crippen molar-refractivity contribution >= 4 is 51.0 Å². The minimum atomic E-state index is -4.63. The van der Waals surface area contributed by atoms with E-state index in [-0.39, 0.29) is 11.5 Å². The molecule has 3 heterocycles. The molecule has 6 rings (SSSR count). The number of nitrogens with zero attached hydrogens (tertiary/aromatic N) is 2. The second kappa shape index (κ2) is 8.41. The zero-order valence-electron chi connectivity index (χ0n) is 19.0. The maximum atomic E-state index is 13.9. The van der Waals surface area contributed by atoms with Gasteiger partial charge in [0.05, 0.1) is 29.1 Å². The Labute approximate surface area is 218 Å². The van der Waals surface area contributed by atoms with Gasteiger partial charge in [-0.2, -0.15) is 13.2 Å². The second-order valence-corrected chi connectivity index (χ2v) is 10.2. The molecule has 5 nitrogen and oxygen atoms in total. The first-order valence-electron chi connectivity index (χ1n) is 11.6. The third kappa shape index (κ3) is 3.63. The molecule has 186 valence electrons. The number of para-hydroxylation sites is 1. The molecule has 0 aliphatic carbocycles. The van der Waals surface area contributed by atoms with Gasteiger partial charge in [-0.3, -0.25) is 14.4 Å². The Morgan fingerprint density at radius 2 is 1.57 bits per heavy atom. The Morgan fingerprint density at radius 1 is 0.865 bits per heavy atom. The number of halogens is 4. The lowest BCUT2D eigenvalue weighted by Crippen LogP contribution is -2.48. The van der Waals surface area contributed by atoms with Gasteiger partial charge in [0.2, 0.25) is 11.8 Å². The number of alkyl halides is 3. The fourth-order valence-electron chi connectivity index (χ4n) is 5.67. The first-order chi connectivity index (χ1) is 17.7. The fraction of sp³-hybridized carbons (Fsp3) is 0.179. The quantitative estimate of drug-likeness (QED) is 0.299. The van der Waals surface area contributed by atoms with Crippen LogP contribution in [-0.2, 0) is 15.8 Å². The second-order valence-electron chi connectivity index (χ2n) is 9.24. The summed E-state index contributed by atoms with van der Waals surface area (Å²) in [6.45, 7) is 0. The van der Waals surface area contributed by atoms with Crippen LogP contribution in [0, 0.1) is 11.8 Å². The van der Waals surface area contributed by atoms with Gasteiger partial charge in [-0.1, -0.05) is 64.5 Å². The van der Waals surface area contributed by atoms with Crippen molar-refractivity contribution in [3.8, 4) is 0 Å². The van der Waals surface area contributed by atoms with E-state index in [1.54, 1.807) is 30.3 Å². The van der Waals surface area contributed by atoms with Crippen molar-refractivity contribution in [3.05, 3.63) is 100 Å². The summed E-state index contributed by atoms with van der Waals surface area (Å²) in [5.41, 5.74) is 0.838. The highest BCUT2D eigenvalue weighted by Gasteiger charge is 2.64. The topological polar surface area (TPSA) is 57.7 Å². The van der Waals surface area contributed by atoms with Gasteiger partial charge in [0.15, 0.2) is 5.78 Å². The van der Waals surface area contributed by atoms with E-state index in [0.29, 0.717) is 5.56 Å². The van der Waals surface area contributed by atoms with E-state index in [9.17, 15) is 27.6 Å². The summed E-state index contributed by atoms with van der Waals surface area (Å²) in [5, 5.41) is 0. The van der Waals surface area contributed by atoms with Gasteiger partial charge < -0.3 is 4.90 Å². The van der Waals surface area contributed by atoms with Crippen LogP contribution in [0.15, 0.2) is 83.3 Å². The summed E-state index contributed by atoms with van der Waals surface area (Å²) in [4.78, 5) is 44.1. The van der Waals surface area contributed by atoms with Crippen molar-refractivity contribution in [2.75, 3.05) is 9.80 Å². The molecule has 3 aromatic carbocycles. The number of rotatable bonds is 3. The zero-order chi connectivity index (χ0) is 26.1. The fourth-order valence-corrected chi connectivity index (χ4v) is 5.94. The maximum absolute atomic E-state index is 13.9. The molecule has 2 fully saturated rings. The molecule has 0 spiro atoms.